The molecule has 0 aromatic heterocycles. The van der Waals surface area contributed by atoms with E-state index < -0.39 is 5.91 Å². The van der Waals surface area contributed by atoms with Crippen LogP contribution < -0.4 is 5.73 Å². The average molecular weight is 197 g/mol. The van der Waals surface area contributed by atoms with Crippen molar-refractivity contribution in [2.75, 3.05) is 0 Å². The first-order valence-corrected chi connectivity index (χ1v) is 3.67. The lowest BCUT2D eigenvalue weighted by molar-refractivity contribution is 0.100. The molecule has 0 atom stereocenters. The van der Waals surface area contributed by atoms with Crippen LogP contribution in [0, 0.1) is 0 Å². The topological polar surface area (TPSA) is 91.8 Å². The van der Waals surface area contributed by atoms with E-state index in [4.69, 9.17) is 22.9 Å². The van der Waals surface area contributed by atoms with Crippen LogP contribution in [0.3, 0.4) is 0 Å². The van der Waals surface area contributed by atoms with Gasteiger partial charge < -0.3 is 5.73 Å². The van der Waals surface area contributed by atoms with Crippen LogP contribution in [0.15, 0.2) is 23.3 Å². The Balaban J connectivity index is 3.34. The molecule has 6 heteroatoms. The van der Waals surface area contributed by atoms with Crippen molar-refractivity contribution in [1.82, 2.24) is 0 Å². The first-order chi connectivity index (χ1) is 6.15. The van der Waals surface area contributed by atoms with Gasteiger partial charge in [-0.05, 0) is 23.7 Å². The van der Waals surface area contributed by atoms with Crippen molar-refractivity contribution in [3.8, 4) is 0 Å². The van der Waals surface area contributed by atoms with Crippen LogP contribution in [-0.4, -0.2) is 5.91 Å². The van der Waals surface area contributed by atoms with Gasteiger partial charge in [0, 0.05) is 15.5 Å². The number of amides is 1. The third-order valence-corrected chi connectivity index (χ3v) is 1.61. The maximum absolute atomic E-state index is 10.8. The lowest BCUT2D eigenvalue weighted by Gasteiger charge is -1.99. The van der Waals surface area contributed by atoms with Gasteiger partial charge in [0.2, 0.25) is 5.91 Å². The lowest BCUT2D eigenvalue weighted by atomic mass is 10.2. The number of benzene rings is 1. The number of primary amides is 1. The summed E-state index contributed by atoms with van der Waals surface area (Å²) in [6.45, 7) is 0. The van der Waals surface area contributed by atoms with E-state index in [9.17, 15) is 4.79 Å². The largest absolute Gasteiger partial charge is 0.366 e. The zero-order valence-electron chi connectivity index (χ0n) is 6.44. The predicted octanol–water partition coefficient (Wildman–Crippen LogP) is 2.38. The summed E-state index contributed by atoms with van der Waals surface area (Å²) < 4.78 is 0. The number of azide groups is 1. The van der Waals surface area contributed by atoms with Gasteiger partial charge in [0.05, 0.1) is 5.69 Å². The molecule has 0 radical (unpaired) electrons. The Hall–Kier alpha value is -1.71. The summed E-state index contributed by atoms with van der Waals surface area (Å²) in [4.78, 5) is 13.4. The van der Waals surface area contributed by atoms with Gasteiger partial charge in [-0.3, -0.25) is 4.79 Å². The highest BCUT2D eigenvalue weighted by Crippen LogP contribution is 2.23. The number of hydrogen-bond acceptors (Lipinski definition) is 2. The van der Waals surface area contributed by atoms with Gasteiger partial charge in [0.1, 0.15) is 0 Å². The quantitative estimate of drug-likeness (QED) is 0.439. The number of halogens is 1. The van der Waals surface area contributed by atoms with E-state index >= 15 is 0 Å². The van der Waals surface area contributed by atoms with Crippen LogP contribution in [0.1, 0.15) is 10.4 Å². The monoisotopic (exact) mass is 196 g/mol. The van der Waals surface area contributed by atoms with Gasteiger partial charge in [-0.25, -0.2) is 0 Å². The van der Waals surface area contributed by atoms with Crippen LogP contribution in [-0.2, 0) is 0 Å². The van der Waals surface area contributed by atoms with Gasteiger partial charge >= 0.3 is 0 Å². The van der Waals surface area contributed by atoms with Crippen molar-refractivity contribution in [1.29, 1.82) is 0 Å². The number of hydrogen-bond donors (Lipinski definition) is 1. The minimum absolute atomic E-state index is 0.141. The van der Waals surface area contributed by atoms with Gasteiger partial charge in [-0.2, -0.15) is 0 Å². The summed E-state index contributed by atoms with van der Waals surface area (Å²) in [7, 11) is 0. The summed E-state index contributed by atoms with van der Waals surface area (Å²) >= 11 is 5.62. The van der Waals surface area contributed by atoms with Crippen molar-refractivity contribution in [3.63, 3.8) is 0 Å². The summed E-state index contributed by atoms with van der Waals surface area (Å²) in [6.07, 6.45) is 0. The Morgan fingerprint density at radius 2 is 2.31 bits per heavy atom. The third-order valence-electron chi connectivity index (χ3n) is 1.38. The molecule has 0 spiro atoms. The molecule has 1 aromatic rings. The highest BCUT2D eigenvalue weighted by Gasteiger charge is 2.06. The minimum atomic E-state index is -0.654. The van der Waals surface area contributed by atoms with E-state index in [-0.39, 0.29) is 11.3 Å². The van der Waals surface area contributed by atoms with E-state index in [1.54, 1.807) is 0 Å². The predicted molar refractivity (Wildman–Crippen MR) is 48.8 cm³/mol. The van der Waals surface area contributed by atoms with Crippen molar-refractivity contribution >= 4 is 23.2 Å². The Kier molecular flexibility index (Phi) is 2.74. The molecule has 0 fully saturated rings. The molecule has 1 aromatic carbocycles. The van der Waals surface area contributed by atoms with E-state index in [1.807, 2.05) is 0 Å². The fourth-order valence-corrected chi connectivity index (χ4v) is 1.01. The Morgan fingerprint density at radius 1 is 1.62 bits per heavy atom. The Labute approximate surface area is 78.7 Å². The van der Waals surface area contributed by atoms with Gasteiger partial charge in [0.25, 0.3) is 0 Å². The molecule has 0 unspecified atom stereocenters. The SMILES string of the molecule is [N-]=[N+]=Nc1cc(Cl)ccc1C(N)=O. The van der Waals surface area contributed by atoms with Gasteiger partial charge in [-0.15, -0.1) is 0 Å². The van der Waals surface area contributed by atoms with E-state index in [0.717, 1.165) is 0 Å². The third kappa shape index (κ3) is 2.11. The minimum Gasteiger partial charge on any atom is -0.366 e. The number of rotatable bonds is 2. The van der Waals surface area contributed by atoms with E-state index in [1.165, 1.54) is 18.2 Å². The highest BCUT2D eigenvalue weighted by atomic mass is 35.5. The molecular weight excluding hydrogens is 192 g/mol. The molecule has 66 valence electrons. The maximum atomic E-state index is 10.8. The zero-order valence-corrected chi connectivity index (χ0v) is 7.19. The van der Waals surface area contributed by atoms with Crippen molar-refractivity contribution in [2.45, 2.75) is 0 Å². The second-order valence-corrected chi connectivity index (χ2v) is 2.65. The molecule has 1 amide bonds. The van der Waals surface area contributed by atoms with Crippen molar-refractivity contribution in [3.05, 3.63) is 39.2 Å². The molecule has 0 aliphatic heterocycles. The van der Waals surface area contributed by atoms with Crippen molar-refractivity contribution < 1.29 is 4.79 Å². The molecule has 2 N–H and O–H groups in total. The number of carbonyl (C=O) groups excluding carboxylic acids is 1. The smallest absolute Gasteiger partial charge is 0.249 e. The second kappa shape index (κ2) is 3.80. The number of nitrogens with two attached hydrogens (primary N) is 1. The van der Waals surface area contributed by atoms with Gasteiger partial charge in [0.15, 0.2) is 0 Å². The zero-order chi connectivity index (χ0) is 9.84. The highest BCUT2D eigenvalue weighted by molar-refractivity contribution is 6.31. The maximum Gasteiger partial charge on any atom is 0.249 e. The summed E-state index contributed by atoms with van der Waals surface area (Å²) in [6, 6.07) is 4.29. The molecule has 1 rings (SSSR count). The molecule has 0 saturated carbocycles. The van der Waals surface area contributed by atoms with Crippen LogP contribution in [0.5, 0.6) is 0 Å². The first kappa shape index (κ1) is 9.38. The second-order valence-electron chi connectivity index (χ2n) is 2.22. The standard InChI is InChI=1S/C7H5ClN4O/c8-4-1-2-5(7(9)13)6(3-4)11-12-10/h1-3H,(H2,9,13). The molecule has 0 aliphatic rings. The lowest BCUT2D eigenvalue weighted by Crippen LogP contribution is -2.10. The summed E-state index contributed by atoms with van der Waals surface area (Å²) in [5.74, 6) is -0.654. The molecular formula is C7H5ClN4O. The summed E-state index contributed by atoms with van der Waals surface area (Å²) in [5, 5.41) is 3.67. The molecule has 0 bridgehead atoms. The molecule has 0 heterocycles. The Bertz CT molecular complexity index is 397. The van der Waals surface area contributed by atoms with E-state index in [0.29, 0.717) is 5.02 Å². The fourth-order valence-electron chi connectivity index (χ4n) is 0.844. The Morgan fingerprint density at radius 3 is 2.85 bits per heavy atom. The molecule has 5 nitrogen and oxygen atoms in total. The van der Waals surface area contributed by atoms with Crippen molar-refractivity contribution in [2.24, 2.45) is 10.8 Å². The fraction of sp³-hybridized carbons (Fsp3) is 0. The van der Waals surface area contributed by atoms with Gasteiger partial charge in [-0.1, -0.05) is 16.7 Å². The first-order valence-electron chi connectivity index (χ1n) is 3.29. The number of nitrogens with zero attached hydrogens (tertiary/aromatic N) is 3. The number of carbonyl (C=O) groups is 1. The molecule has 0 aliphatic carbocycles. The normalized spacial score (nSPS) is 9.00. The van der Waals surface area contributed by atoms with E-state index in [2.05, 4.69) is 10.0 Å². The van der Waals surface area contributed by atoms with Crippen LogP contribution in [0.25, 0.3) is 10.4 Å². The molecule has 0 saturated heterocycles. The average Bonchev–Trinajstić information content (AvgIpc) is 2.04. The molecule has 13 heavy (non-hydrogen) atoms. The van der Waals surface area contributed by atoms with Crippen LogP contribution in [0.4, 0.5) is 5.69 Å². The van der Waals surface area contributed by atoms with Crippen LogP contribution >= 0.6 is 11.6 Å². The summed E-state index contributed by atoms with van der Waals surface area (Å²) in [5.41, 5.74) is 13.5. The van der Waals surface area contributed by atoms with Crippen LogP contribution in [0.2, 0.25) is 5.02 Å².